The van der Waals surface area contributed by atoms with Crippen molar-refractivity contribution in [1.29, 1.82) is 0 Å². The molecule has 6 nitrogen and oxygen atoms in total. The first-order valence-electron chi connectivity index (χ1n) is 5.99. The van der Waals surface area contributed by atoms with E-state index >= 15 is 0 Å². The fourth-order valence-electron chi connectivity index (χ4n) is 1.27. The summed E-state index contributed by atoms with van der Waals surface area (Å²) >= 11 is 0. The van der Waals surface area contributed by atoms with Crippen molar-refractivity contribution in [3.63, 3.8) is 0 Å². The van der Waals surface area contributed by atoms with Crippen LogP contribution in [0.2, 0.25) is 0 Å². The van der Waals surface area contributed by atoms with Gasteiger partial charge in [0.05, 0.1) is 12.8 Å². The van der Waals surface area contributed by atoms with E-state index in [4.69, 9.17) is 0 Å². The Balaban J connectivity index is 2.83. The molecule has 0 aromatic carbocycles. The molecule has 0 saturated carbocycles. The summed E-state index contributed by atoms with van der Waals surface area (Å²) in [6, 6.07) is 1.04. The molecule has 0 aliphatic heterocycles. The second-order valence-corrected chi connectivity index (χ2v) is 3.93. The Morgan fingerprint density at radius 2 is 2.05 bits per heavy atom. The van der Waals surface area contributed by atoms with E-state index in [9.17, 15) is 27.9 Å². The first-order chi connectivity index (χ1) is 10.2. The molecule has 9 heteroatoms. The second kappa shape index (κ2) is 7.43. The zero-order valence-corrected chi connectivity index (χ0v) is 11.4. The van der Waals surface area contributed by atoms with E-state index < -0.39 is 30.3 Å². The molecule has 22 heavy (non-hydrogen) atoms. The highest BCUT2D eigenvalue weighted by Gasteiger charge is 2.28. The molecule has 0 atom stereocenters. The highest BCUT2D eigenvalue weighted by molar-refractivity contribution is 6.39. The molecule has 0 fully saturated rings. The van der Waals surface area contributed by atoms with Crippen LogP contribution >= 0.6 is 0 Å². The number of rotatable bonds is 6. The number of ether oxygens (including phenoxy) is 2. The normalized spacial score (nSPS) is 11.9. The van der Waals surface area contributed by atoms with Gasteiger partial charge in [0, 0.05) is 17.8 Å². The van der Waals surface area contributed by atoms with Gasteiger partial charge in [0.25, 0.3) is 5.78 Å². The van der Waals surface area contributed by atoms with Gasteiger partial charge in [-0.3, -0.25) is 9.78 Å². The summed E-state index contributed by atoms with van der Waals surface area (Å²) in [5.41, 5.74) is -0.0858. The van der Waals surface area contributed by atoms with Gasteiger partial charge >= 0.3 is 12.1 Å². The summed E-state index contributed by atoms with van der Waals surface area (Å²) < 4.78 is 45.0. The van der Waals surface area contributed by atoms with Crippen molar-refractivity contribution in [2.45, 2.75) is 13.1 Å². The predicted molar refractivity (Wildman–Crippen MR) is 68.0 cm³/mol. The van der Waals surface area contributed by atoms with Crippen LogP contribution in [0.25, 0.3) is 5.76 Å². The number of carbonyl (C=O) groups excluding carboxylic acids is 2. The van der Waals surface area contributed by atoms with Crippen molar-refractivity contribution in [1.82, 2.24) is 4.98 Å². The van der Waals surface area contributed by atoms with Crippen molar-refractivity contribution < 1.29 is 37.3 Å². The molecule has 1 rings (SSSR count). The minimum Gasteiger partial charge on any atom is -0.507 e. The van der Waals surface area contributed by atoms with Crippen LogP contribution in [0.1, 0.15) is 12.5 Å². The summed E-state index contributed by atoms with van der Waals surface area (Å²) in [6.07, 6.45) is -1.84. The number of aliphatic hydroxyl groups excluding tert-OH is 1. The van der Waals surface area contributed by atoms with Gasteiger partial charge in [-0.05, 0) is 13.0 Å². The molecular weight excluding hydrogens is 307 g/mol. The number of aliphatic hydroxyl groups is 1. The summed E-state index contributed by atoms with van der Waals surface area (Å²) in [4.78, 5) is 26.0. The first kappa shape index (κ1) is 17.5. The Morgan fingerprint density at radius 3 is 2.64 bits per heavy atom. The van der Waals surface area contributed by atoms with E-state index in [2.05, 4.69) is 14.5 Å². The van der Waals surface area contributed by atoms with E-state index in [1.54, 1.807) is 0 Å². The maximum Gasteiger partial charge on any atom is 0.422 e. The summed E-state index contributed by atoms with van der Waals surface area (Å²) in [6.45, 7) is -0.0357. The predicted octanol–water partition coefficient (Wildman–Crippen LogP) is 2.05. The first-order valence-corrected chi connectivity index (χ1v) is 5.99. The number of hydrogen-bond donors (Lipinski definition) is 1. The lowest BCUT2D eigenvalue weighted by molar-refractivity contribution is -0.153. The number of nitrogens with zero attached hydrogens (tertiary/aromatic N) is 1. The van der Waals surface area contributed by atoms with Crippen LogP contribution in [0.15, 0.2) is 24.5 Å². The van der Waals surface area contributed by atoms with Crippen LogP contribution in [0.5, 0.6) is 5.75 Å². The Labute approximate surface area is 123 Å². The average Bonchev–Trinajstić information content (AvgIpc) is 2.45. The fourth-order valence-corrected chi connectivity index (χ4v) is 1.27. The largest absolute Gasteiger partial charge is 0.507 e. The van der Waals surface area contributed by atoms with Crippen LogP contribution in [0, 0.1) is 0 Å². The zero-order chi connectivity index (χ0) is 16.8. The van der Waals surface area contributed by atoms with Gasteiger partial charge in [-0.25, -0.2) is 4.79 Å². The molecule has 120 valence electrons. The van der Waals surface area contributed by atoms with E-state index in [-0.39, 0.29) is 17.9 Å². The molecule has 0 aliphatic rings. The second-order valence-electron chi connectivity index (χ2n) is 3.93. The minimum absolute atomic E-state index is 0.0124. The molecule has 1 aromatic heterocycles. The molecule has 1 aromatic rings. The van der Waals surface area contributed by atoms with Gasteiger partial charge in [-0.1, -0.05) is 0 Å². The van der Waals surface area contributed by atoms with Crippen molar-refractivity contribution in [3.8, 4) is 5.75 Å². The molecule has 1 N–H and O–H groups in total. The molecule has 0 radical (unpaired) electrons. The lowest BCUT2D eigenvalue weighted by atomic mass is 10.2. The van der Waals surface area contributed by atoms with Crippen LogP contribution < -0.4 is 4.74 Å². The topological polar surface area (TPSA) is 85.7 Å². The highest BCUT2D eigenvalue weighted by atomic mass is 19.4. The average molecular weight is 319 g/mol. The standard InChI is InChI=1S/C13H12F3NO5/c1-2-21-12(20)11(19)4-10(18)8-3-9(6-17-5-8)22-7-13(14,15)16/h3-6,18H,2,7H2,1H3. The molecule has 1 heterocycles. The Hall–Kier alpha value is -2.58. The number of hydrogen-bond acceptors (Lipinski definition) is 6. The fraction of sp³-hybridized carbons (Fsp3) is 0.308. The van der Waals surface area contributed by atoms with Gasteiger partial charge in [0.15, 0.2) is 6.61 Å². The van der Waals surface area contributed by atoms with Crippen LogP contribution in [-0.4, -0.2) is 41.2 Å². The van der Waals surface area contributed by atoms with Crippen LogP contribution in [-0.2, 0) is 14.3 Å². The number of carbonyl (C=O) groups is 2. The lowest BCUT2D eigenvalue weighted by Gasteiger charge is -2.09. The molecule has 0 aliphatic carbocycles. The van der Waals surface area contributed by atoms with Crippen LogP contribution in [0.4, 0.5) is 13.2 Å². The number of ketones is 1. The number of esters is 1. The quantitative estimate of drug-likeness (QED) is 0.374. The van der Waals surface area contributed by atoms with Crippen molar-refractivity contribution >= 4 is 17.5 Å². The van der Waals surface area contributed by atoms with Gasteiger partial charge in [-0.2, -0.15) is 13.2 Å². The molecule has 0 bridgehead atoms. The summed E-state index contributed by atoms with van der Waals surface area (Å²) in [5, 5.41) is 9.68. The molecule has 0 spiro atoms. The van der Waals surface area contributed by atoms with E-state index in [0.29, 0.717) is 6.08 Å². The highest BCUT2D eigenvalue weighted by Crippen LogP contribution is 2.20. The van der Waals surface area contributed by atoms with Crippen molar-refractivity contribution in [2.75, 3.05) is 13.2 Å². The molecule has 0 amide bonds. The third-order valence-electron chi connectivity index (χ3n) is 2.16. The van der Waals surface area contributed by atoms with E-state index in [1.165, 1.54) is 6.92 Å². The molecule has 0 saturated heterocycles. The van der Waals surface area contributed by atoms with Gasteiger partial charge in [-0.15, -0.1) is 0 Å². The lowest BCUT2D eigenvalue weighted by Crippen LogP contribution is -2.19. The van der Waals surface area contributed by atoms with Crippen LogP contribution in [0.3, 0.4) is 0 Å². The summed E-state index contributed by atoms with van der Waals surface area (Å²) in [7, 11) is 0. The summed E-state index contributed by atoms with van der Waals surface area (Å²) in [5.74, 6) is -3.17. The molecular formula is C13H12F3NO5. The Morgan fingerprint density at radius 1 is 1.36 bits per heavy atom. The third kappa shape index (κ3) is 5.81. The number of halogens is 3. The zero-order valence-electron chi connectivity index (χ0n) is 11.4. The smallest absolute Gasteiger partial charge is 0.422 e. The Kier molecular flexibility index (Phi) is 5.90. The van der Waals surface area contributed by atoms with Gasteiger partial charge in [0.1, 0.15) is 11.5 Å². The maximum absolute atomic E-state index is 12.0. The van der Waals surface area contributed by atoms with Crippen molar-refractivity contribution in [3.05, 3.63) is 30.1 Å². The number of aromatic nitrogens is 1. The van der Waals surface area contributed by atoms with Crippen molar-refractivity contribution in [2.24, 2.45) is 0 Å². The number of alkyl halides is 3. The van der Waals surface area contributed by atoms with E-state index in [1.807, 2.05) is 0 Å². The molecule has 0 unspecified atom stereocenters. The third-order valence-corrected chi connectivity index (χ3v) is 2.16. The SMILES string of the molecule is CCOC(=O)C(=O)C=C(O)c1cncc(OCC(F)(F)F)c1. The van der Waals surface area contributed by atoms with Gasteiger partial charge < -0.3 is 14.6 Å². The number of pyridine rings is 1. The minimum atomic E-state index is -4.52. The Bertz CT molecular complexity index is 583. The maximum atomic E-state index is 12.0. The van der Waals surface area contributed by atoms with E-state index in [0.717, 1.165) is 18.5 Å². The monoisotopic (exact) mass is 319 g/mol. The van der Waals surface area contributed by atoms with Gasteiger partial charge in [0.2, 0.25) is 0 Å².